The third kappa shape index (κ3) is 6.26. The van der Waals surface area contributed by atoms with Gasteiger partial charge in [0.25, 0.3) is 10.0 Å². The van der Waals surface area contributed by atoms with E-state index in [1.807, 2.05) is 20.8 Å². The average molecular weight is 363 g/mol. The quantitative estimate of drug-likeness (QED) is 0.293. The fourth-order valence-corrected chi connectivity index (χ4v) is 3.38. The topological polar surface area (TPSA) is 127 Å². The van der Waals surface area contributed by atoms with Crippen molar-refractivity contribution in [2.24, 2.45) is 11.3 Å². The number of hydrogen-bond acceptors (Lipinski definition) is 6. The zero-order valence-electron chi connectivity index (χ0n) is 13.1. The zero-order valence-corrected chi connectivity index (χ0v) is 14.9. The van der Waals surface area contributed by atoms with Gasteiger partial charge in [0, 0.05) is 6.42 Å². The van der Waals surface area contributed by atoms with Gasteiger partial charge in [-0.25, -0.2) is 27.7 Å². The Morgan fingerprint density at radius 3 is 2.17 bits per heavy atom. The van der Waals surface area contributed by atoms with E-state index in [9.17, 15) is 21.6 Å². The van der Waals surface area contributed by atoms with Gasteiger partial charge in [-0.1, -0.05) is 20.8 Å². The van der Waals surface area contributed by atoms with Crippen molar-refractivity contribution in [3.63, 3.8) is 0 Å². The molecule has 0 heterocycles. The Hall–Kier alpha value is -1.49. The Labute approximate surface area is 137 Å². The van der Waals surface area contributed by atoms with Crippen LogP contribution in [0.2, 0.25) is 0 Å². The van der Waals surface area contributed by atoms with Gasteiger partial charge in [0.2, 0.25) is 16.8 Å². The monoisotopic (exact) mass is 363 g/mol. The highest BCUT2D eigenvalue weighted by molar-refractivity contribution is 7.98. The molecule has 3 N–H and O–H groups in total. The van der Waals surface area contributed by atoms with Gasteiger partial charge in [-0.3, -0.25) is 4.79 Å². The third-order valence-electron chi connectivity index (χ3n) is 2.98. The first-order valence-electron chi connectivity index (χ1n) is 6.77. The van der Waals surface area contributed by atoms with Crippen molar-refractivity contribution in [2.75, 3.05) is 5.01 Å². The van der Waals surface area contributed by atoms with E-state index in [4.69, 9.17) is 5.84 Å². The number of hydrazine groups is 1. The predicted octanol–water partition coefficient (Wildman–Crippen LogP) is 0.524. The molecule has 0 bridgehead atoms. The van der Waals surface area contributed by atoms with Gasteiger partial charge in [-0.05, 0) is 36.1 Å². The van der Waals surface area contributed by atoms with Crippen LogP contribution < -0.4 is 15.0 Å². The average Bonchev–Trinajstić information content (AvgIpc) is 2.42. The summed E-state index contributed by atoms with van der Waals surface area (Å²) in [5.41, 5.74) is 0.309. The molecular weight excluding hydrogens is 342 g/mol. The van der Waals surface area contributed by atoms with E-state index in [2.05, 4.69) is 0 Å². The molecule has 0 aliphatic rings. The minimum absolute atomic E-state index is 0.00484. The SMILES string of the molecule is CC(C)(C)CCC(=O)N(N)c1ccc(S(=O)(=O)N[SH](=O)=O)cc1. The van der Waals surface area contributed by atoms with Crippen LogP contribution in [0.4, 0.5) is 5.69 Å². The van der Waals surface area contributed by atoms with Crippen molar-refractivity contribution in [3.8, 4) is 0 Å². The van der Waals surface area contributed by atoms with Crippen LogP contribution in [0.1, 0.15) is 33.6 Å². The summed E-state index contributed by atoms with van der Waals surface area (Å²) in [5.74, 6) is 5.43. The van der Waals surface area contributed by atoms with Crippen LogP contribution in [0.15, 0.2) is 29.2 Å². The van der Waals surface area contributed by atoms with Gasteiger partial charge in [0.15, 0.2) is 0 Å². The Bertz CT molecular complexity index is 726. The number of carbonyl (C=O) groups excluding carboxylic acids is 1. The zero-order chi connectivity index (χ0) is 17.8. The number of amides is 1. The summed E-state index contributed by atoms with van der Waals surface area (Å²) in [7, 11) is -7.43. The fourth-order valence-electron chi connectivity index (χ4n) is 1.68. The molecule has 1 amide bonds. The van der Waals surface area contributed by atoms with Crippen molar-refractivity contribution in [3.05, 3.63) is 24.3 Å². The van der Waals surface area contributed by atoms with Crippen molar-refractivity contribution in [1.29, 1.82) is 0 Å². The molecule has 0 spiro atoms. The minimum atomic E-state index is -4.14. The summed E-state index contributed by atoms with van der Waals surface area (Å²) in [5, 5.41) is 0.948. The fraction of sp³-hybridized carbons (Fsp3) is 0.462. The number of thiol groups is 1. The van der Waals surface area contributed by atoms with Gasteiger partial charge in [-0.15, -0.1) is 4.13 Å². The molecule has 0 radical (unpaired) electrons. The van der Waals surface area contributed by atoms with Crippen LogP contribution >= 0.6 is 0 Å². The normalized spacial score (nSPS) is 12.4. The number of hydrogen-bond donors (Lipinski definition) is 3. The molecule has 130 valence electrons. The molecule has 8 nitrogen and oxygen atoms in total. The molecule has 0 aliphatic heterocycles. The Morgan fingerprint density at radius 1 is 1.22 bits per heavy atom. The lowest BCUT2D eigenvalue weighted by molar-refractivity contribution is -0.119. The number of benzene rings is 1. The lowest BCUT2D eigenvalue weighted by Crippen LogP contribution is -2.37. The van der Waals surface area contributed by atoms with E-state index in [1.54, 1.807) is 0 Å². The standard InChI is InChI=1S/C13H21N3O5S2/c1-13(2,3)9-8-12(17)16(14)10-4-6-11(7-5-10)23(20,21)15-22(18)19/h4-7,22H,8-9,14H2,1-3H3,(H,15,18,19). The first-order chi connectivity index (χ1) is 10.4. The van der Waals surface area contributed by atoms with Gasteiger partial charge < -0.3 is 0 Å². The number of rotatable bonds is 6. The summed E-state index contributed by atoms with van der Waals surface area (Å²) in [4.78, 5) is 11.8. The van der Waals surface area contributed by atoms with E-state index >= 15 is 0 Å². The number of nitrogens with two attached hydrogens (primary N) is 1. The molecule has 0 atom stereocenters. The van der Waals surface area contributed by atoms with Crippen LogP contribution in [0.3, 0.4) is 0 Å². The molecule has 1 aromatic carbocycles. The van der Waals surface area contributed by atoms with E-state index in [-0.39, 0.29) is 22.6 Å². The van der Waals surface area contributed by atoms with Crippen molar-refractivity contribution in [1.82, 2.24) is 4.13 Å². The van der Waals surface area contributed by atoms with Gasteiger partial charge in [0.1, 0.15) is 0 Å². The third-order valence-corrected chi connectivity index (χ3v) is 5.43. The number of carbonyl (C=O) groups is 1. The van der Waals surface area contributed by atoms with E-state index in [0.29, 0.717) is 12.1 Å². The van der Waals surface area contributed by atoms with Crippen molar-refractivity contribution in [2.45, 2.75) is 38.5 Å². The second-order valence-corrected chi connectivity index (χ2v) is 8.89. The van der Waals surface area contributed by atoms with E-state index in [1.165, 1.54) is 28.4 Å². The van der Waals surface area contributed by atoms with E-state index < -0.39 is 20.9 Å². The summed E-state index contributed by atoms with van der Waals surface area (Å²) in [6.07, 6.45) is 0.921. The molecule has 0 aromatic heterocycles. The molecule has 23 heavy (non-hydrogen) atoms. The maximum absolute atomic E-state index is 12.0. The molecule has 0 fully saturated rings. The van der Waals surface area contributed by atoms with Crippen LogP contribution in [0, 0.1) is 5.41 Å². The van der Waals surface area contributed by atoms with Gasteiger partial charge in [-0.2, -0.15) is 0 Å². The van der Waals surface area contributed by atoms with E-state index in [0.717, 1.165) is 5.01 Å². The lowest BCUT2D eigenvalue weighted by Gasteiger charge is -2.21. The summed E-state index contributed by atoms with van der Waals surface area (Å²) in [6, 6.07) is 5.02. The maximum atomic E-state index is 12.0. The maximum Gasteiger partial charge on any atom is 0.253 e. The Kier molecular flexibility index (Phi) is 6.28. The number of sulfonamides is 1. The van der Waals surface area contributed by atoms with Crippen LogP contribution in [0.25, 0.3) is 0 Å². The van der Waals surface area contributed by atoms with Gasteiger partial charge in [0.05, 0.1) is 10.6 Å². The summed E-state index contributed by atoms with van der Waals surface area (Å²) >= 11 is 0. The van der Waals surface area contributed by atoms with Crippen molar-refractivity contribution < 1.29 is 21.6 Å². The summed E-state index contributed by atoms with van der Waals surface area (Å²) in [6.45, 7) is 6.03. The Morgan fingerprint density at radius 2 is 1.74 bits per heavy atom. The highest BCUT2D eigenvalue weighted by Crippen LogP contribution is 2.22. The molecule has 0 saturated heterocycles. The summed E-state index contributed by atoms with van der Waals surface area (Å²) < 4.78 is 45.7. The Balaban J connectivity index is 2.86. The second kappa shape index (κ2) is 7.39. The second-order valence-electron chi connectivity index (χ2n) is 6.17. The molecule has 0 aliphatic carbocycles. The lowest BCUT2D eigenvalue weighted by atomic mass is 9.90. The molecule has 0 unspecified atom stereocenters. The molecule has 0 saturated carbocycles. The predicted molar refractivity (Wildman–Crippen MR) is 87.4 cm³/mol. The number of anilines is 1. The number of nitrogens with zero attached hydrogens (tertiary/aromatic N) is 1. The first-order valence-corrected chi connectivity index (χ1v) is 9.43. The highest BCUT2D eigenvalue weighted by Gasteiger charge is 2.19. The van der Waals surface area contributed by atoms with Crippen LogP contribution in [0.5, 0.6) is 0 Å². The first kappa shape index (κ1) is 19.6. The van der Waals surface area contributed by atoms with Crippen LogP contribution in [-0.4, -0.2) is 22.7 Å². The molecular formula is C13H21N3O5S2. The number of nitrogens with one attached hydrogen (secondary N) is 1. The highest BCUT2D eigenvalue weighted by atomic mass is 32.3. The smallest absolute Gasteiger partial charge is 0.253 e. The van der Waals surface area contributed by atoms with Crippen molar-refractivity contribution >= 4 is 32.5 Å². The van der Waals surface area contributed by atoms with Crippen LogP contribution in [-0.2, 0) is 25.7 Å². The molecule has 1 aromatic rings. The molecule has 1 rings (SSSR count). The minimum Gasteiger partial charge on any atom is -0.273 e. The van der Waals surface area contributed by atoms with Gasteiger partial charge >= 0.3 is 0 Å². The molecule has 10 heteroatoms. The largest absolute Gasteiger partial charge is 0.273 e.